The van der Waals surface area contributed by atoms with Crippen molar-refractivity contribution in [2.75, 3.05) is 19.7 Å². The third-order valence-corrected chi connectivity index (χ3v) is 5.97. The Morgan fingerprint density at radius 2 is 2.15 bits per heavy atom. The molecule has 1 atom stereocenters. The van der Waals surface area contributed by atoms with Gasteiger partial charge in [-0.1, -0.05) is 12.1 Å². The minimum Gasteiger partial charge on any atom is -0.433 e. The van der Waals surface area contributed by atoms with Crippen LogP contribution in [0.1, 0.15) is 18.6 Å². The molecule has 2 heterocycles. The van der Waals surface area contributed by atoms with Crippen molar-refractivity contribution in [2.45, 2.75) is 31.1 Å². The number of para-hydroxylation sites is 1. The van der Waals surface area contributed by atoms with Crippen LogP contribution in [0.2, 0.25) is 0 Å². The molecular formula is C16H19F2N3O4S. The summed E-state index contributed by atoms with van der Waals surface area (Å²) in [4.78, 5) is -0.287. The normalized spacial score (nSPS) is 19.0. The number of hydrogen-bond acceptors (Lipinski definition) is 5. The van der Waals surface area contributed by atoms with Gasteiger partial charge in [0.25, 0.3) is 0 Å². The number of aryl methyl sites for hydroxylation is 1. The Bertz CT molecular complexity index is 857. The van der Waals surface area contributed by atoms with Gasteiger partial charge in [0.15, 0.2) is 0 Å². The minimum absolute atomic E-state index is 0.0702. The molecule has 2 aromatic rings. The van der Waals surface area contributed by atoms with Crippen molar-refractivity contribution in [2.24, 2.45) is 0 Å². The summed E-state index contributed by atoms with van der Waals surface area (Å²) in [6.45, 7) is -0.0880. The predicted octanol–water partition coefficient (Wildman–Crippen LogP) is 2.27. The second-order valence-corrected chi connectivity index (χ2v) is 7.58. The summed E-state index contributed by atoms with van der Waals surface area (Å²) in [6, 6.07) is 5.38. The van der Waals surface area contributed by atoms with Crippen molar-refractivity contribution in [3.05, 3.63) is 42.2 Å². The number of rotatable bonds is 6. The van der Waals surface area contributed by atoms with E-state index in [1.165, 1.54) is 28.6 Å². The maximum Gasteiger partial charge on any atom is 0.387 e. The molecule has 0 radical (unpaired) electrons. The van der Waals surface area contributed by atoms with E-state index >= 15 is 0 Å². The number of alkyl halides is 2. The van der Waals surface area contributed by atoms with E-state index in [-0.39, 0.29) is 30.3 Å². The highest BCUT2D eigenvalue weighted by atomic mass is 32.2. The van der Waals surface area contributed by atoms with Gasteiger partial charge in [-0.15, -0.1) is 0 Å². The molecule has 1 aliphatic heterocycles. The number of hydrogen-bond donors (Lipinski definition) is 0. The molecule has 1 aliphatic rings. The van der Waals surface area contributed by atoms with E-state index in [1.54, 1.807) is 17.1 Å². The molecule has 3 rings (SSSR count). The smallest absolute Gasteiger partial charge is 0.387 e. The molecule has 1 aromatic carbocycles. The highest BCUT2D eigenvalue weighted by Crippen LogP contribution is 2.31. The number of benzene rings is 1. The lowest BCUT2D eigenvalue weighted by Gasteiger charge is -2.32. The molecule has 0 aliphatic carbocycles. The van der Waals surface area contributed by atoms with Crippen LogP contribution in [0.15, 0.2) is 41.6 Å². The van der Waals surface area contributed by atoms with Gasteiger partial charge in [0.2, 0.25) is 10.0 Å². The Kier molecular flexibility index (Phi) is 5.54. The van der Waals surface area contributed by atoms with Crippen LogP contribution in [0.4, 0.5) is 8.78 Å². The second-order valence-electron chi connectivity index (χ2n) is 5.68. The lowest BCUT2D eigenvalue weighted by Crippen LogP contribution is -2.42. The van der Waals surface area contributed by atoms with E-state index in [2.05, 4.69) is 9.84 Å². The predicted molar refractivity (Wildman–Crippen MR) is 88.4 cm³/mol. The first-order valence-corrected chi connectivity index (χ1v) is 9.53. The fourth-order valence-electron chi connectivity index (χ4n) is 2.76. The van der Waals surface area contributed by atoms with Crippen molar-refractivity contribution >= 4 is 10.0 Å². The molecule has 1 aromatic heterocycles. The summed E-state index contributed by atoms with van der Waals surface area (Å²) < 4.78 is 64.1. The van der Waals surface area contributed by atoms with Gasteiger partial charge in [-0.2, -0.15) is 18.2 Å². The molecule has 0 saturated carbocycles. The lowest BCUT2D eigenvalue weighted by molar-refractivity contribution is -0.0519. The Hall–Kier alpha value is -2.04. The minimum atomic E-state index is -4.01. The number of aromatic nitrogens is 2. The van der Waals surface area contributed by atoms with Crippen LogP contribution in [-0.2, 0) is 21.3 Å². The van der Waals surface area contributed by atoms with Crippen LogP contribution in [0.3, 0.4) is 0 Å². The molecule has 1 saturated heterocycles. The highest BCUT2D eigenvalue weighted by molar-refractivity contribution is 7.89. The zero-order valence-corrected chi connectivity index (χ0v) is 14.9. The van der Waals surface area contributed by atoms with E-state index < -0.39 is 22.7 Å². The average Bonchev–Trinajstić information content (AvgIpc) is 3.11. The van der Waals surface area contributed by atoms with Crippen LogP contribution in [-0.4, -0.2) is 48.8 Å². The van der Waals surface area contributed by atoms with Crippen LogP contribution >= 0.6 is 0 Å². The molecule has 7 nitrogen and oxygen atoms in total. The van der Waals surface area contributed by atoms with E-state index in [1.807, 2.05) is 6.92 Å². The van der Waals surface area contributed by atoms with Gasteiger partial charge in [0.1, 0.15) is 10.6 Å². The van der Waals surface area contributed by atoms with E-state index in [4.69, 9.17) is 4.74 Å². The third-order valence-electron chi connectivity index (χ3n) is 4.06. The van der Waals surface area contributed by atoms with Crippen molar-refractivity contribution in [3.8, 4) is 5.75 Å². The first-order chi connectivity index (χ1) is 12.4. The molecule has 142 valence electrons. The Morgan fingerprint density at radius 3 is 2.85 bits per heavy atom. The first-order valence-electron chi connectivity index (χ1n) is 8.09. The monoisotopic (exact) mass is 387 g/mol. The molecule has 26 heavy (non-hydrogen) atoms. The average molecular weight is 387 g/mol. The van der Waals surface area contributed by atoms with Gasteiger partial charge in [0.05, 0.1) is 18.9 Å². The number of sulfonamides is 1. The van der Waals surface area contributed by atoms with E-state index in [9.17, 15) is 17.2 Å². The summed E-state index contributed by atoms with van der Waals surface area (Å²) in [7, 11) is -4.01. The maximum atomic E-state index is 13.0. The molecule has 0 spiro atoms. The Balaban J connectivity index is 1.85. The number of nitrogens with zero attached hydrogens (tertiary/aromatic N) is 3. The summed E-state index contributed by atoms with van der Waals surface area (Å²) in [6.07, 6.45) is 2.97. The fraction of sp³-hybridized carbons (Fsp3) is 0.438. The van der Waals surface area contributed by atoms with Gasteiger partial charge in [-0.25, -0.2) is 8.42 Å². The van der Waals surface area contributed by atoms with Crippen molar-refractivity contribution < 1.29 is 26.7 Å². The van der Waals surface area contributed by atoms with Gasteiger partial charge < -0.3 is 9.47 Å². The zero-order valence-electron chi connectivity index (χ0n) is 14.1. The number of morpholine rings is 1. The van der Waals surface area contributed by atoms with Crippen molar-refractivity contribution in [3.63, 3.8) is 0 Å². The van der Waals surface area contributed by atoms with Gasteiger partial charge in [-0.3, -0.25) is 4.68 Å². The molecule has 0 amide bonds. The Morgan fingerprint density at radius 1 is 1.38 bits per heavy atom. The van der Waals surface area contributed by atoms with E-state index in [0.717, 1.165) is 5.56 Å². The molecular weight excluding hydrogens is 368 g/mol. The lowest BCUT2D eigenvalue weighted by atomic mass is 10.2. The second kappa shape index (κ2) is 7.68. The summed E-state index contributed by atoms with van der Waals surface area (Å²) in [5.74, 6) is -0.371. The van der Waals surface area contributed by atoms with Crippen molar-refractivity contribution in [1.29, 1.82) is 0 Å². The fourth-order valence-corrected chi connectivity index (χ4v) is 4.31. The largest absolute Gasteiger partial charge is 0.433 e. The molecule has 0 bridgehead atoms. The quantitative estimate of drug-likeness (QED) is 0.760. The SMILES string of the molecule is CCn1cc([C@H]2CN(S(=O)(=O)c3ccccc3OC(F)F)CCO2)cn1. The standard InChI is InChI=1S/C16H19F2N3O4S/c1-2-20-10-12(9-19-20)14-11-21(7-8-24-14)26(22,23)15-6-4-3-5-13(15)25-16(17)18/h3-6,9-10,14,16H,2,7-8,11H2,1H3/t14-/m1/s1. The van der Waals surface area contributed by atoms with Gasteiger partial charge in [-0.05, 0) is 19.1 Å². The van der Waals surface area contributed by atoms with Gasteiger partial charge >= 0.3 is 6.61 Å². The maximum absolute atomic E-state index is 13.0. The third kappa shape index (κ3) is 3.87. The number of halogens is 2. The van der Waals surface area contributed by atoms with Crippen LogP contribution in [0.5, 0.6) is 5.75 Å². The molecule has 10 heteroatoms. The zero-order chi connectivity index (χ0) is 18.7. The van der Waals surface area contributed by atoms with Crippen LogP contribution < -0.4 is 4.74 Å². The van der Waals surface area contributed by atoms with Crippen LogP contribution in [0.25, 0.3) is 0 Å². The van der Waals surface area contributed by atoms with Crippen LogP contribution in [0, 0.1) is 0 Å². The van der Waals surface area contributed by atoms with Gasteiger partial charge in [0, 0.05) is 31.4 Å². The summed E-state index contributed by atoms with van der Waals surface area (Å²) in [5, 5.41) is 4.17. The summed E-state index contributed by atoms with van der Waals surface area (Å²) in [5.41, 5.74) is 0.767. The molecule has 1 fully saturated rings. The number of ether oxygens (including phenoxy) is 2. The highest BCUT2D eigenvalue weighted by Gasteiger charge is 2.34. The molecule has 0 N–H and O–H groups in total. The topological polar surface area (TPSA) is 73.7 Å². The molecule has 0 unspecified atom stereocenters. The summed E-state index contributed by atoms with van der Waals surface area (Å²) >= 11 is 0. The van der Waals surface area contributed by atoms with E-state index in [0.29, 0.717) is 6.54 Å². The van der Waals surface area contributed by atoms with Crippen molar-refractivity contribution in [1.82, 2.24) is 14.1 Å². The Labute approximate surface area is 150 Å². The first kappa shape index (κ1) is 18.7.